The Bertz CT molecular complexity index is 424. The van der Waals surface area contributed by atoms with Crippen LogP contribution in [0.2, 0.25) is 0 Å². The number of phenols is 1. The molecule has 0 radical (unpaired) electrons. The Hall–Kier alpha value is -1.31. The van der Waals surface area contributed by atoms with Crippen LogP contribution < -0.4 is 11.5 Å². The van der Waals surface area contributed by atoms with E-state index in [2.05, 4.69) is 32.8 Å². The van der Waals surface area contributed by atoms with Gasteiger partial charge in [0.05, 0.1) is 6.21 Å². The first-order chi connectivity index (χ1) is 7.00. The van der Waals surface area contributed by atoms with Crippen molar-refractivity contribution in [2.45, 2.75) is 6.92 Å². The summed E-state index contributed by atoms with van der Waals surface area (Å²) in [5.41, 5.74) is 11.6. The van der Waals surface area contributed by atoms with Crippen LogP contribution in [0.25, 0.3) is 0 Å². The molecule has 6 heteroatoms. The van der Waals surface area contributed by atoms with Gasteiger partial charge in [-0.1, -0.05) is 0 Å². The van der Waals surface area contributed by atoms with Gasteiger partial charge in [0, 0.05) is 9.13 Å². The molecule has 1 aromatic rings. The van der Waals surface area contributed by atoms with Crippen LogP contribution in [0.15, 0.2) is 22.3 Å². The summed E-state index contributed by atoms with van der Waals surface area (Å²) in [6, 6.07) is 3.66. The van der Waals surface area contributed by atoms with Gasteiger partial charge in [0.1, 0.15) is 5.75 Å². The molecule has 0 spiro atoms. The lowest BCUT2D eigenvalue weighted by Crippen LogP contribution is -2.21. The second-order valence-electron chi connectivity index (χ2n) is 2.93. The summed E-state index contributed by atoms with van der Waals surface area (Å²) in [6.07, 6.45) is 1.41. The minimum absolute atomic E-state index is 0.118. The molecule has 0 fully saturated rings. The number of guanidine groups is 1. The van der Waals surface area contributed by atoms with Gasteiger partial charge in [-0.2, -0.15) is 5.10 Å². The highest BCUT2D eigenvalue weighted by molar-refractivity contribution is 14.1. The lowest BCUT2D eigenvalue weighted by Gasteiger charge is -2.02. The highest BCUT2D eigenvalue weighted by Crippen LogP contribution is 2.23. The average Bonchev–Trinajstić information content (AvgIpc) is 2.12. The van der Waals surface area contributed by atoms with Gasteiger partial charge in [-0.15, -0.1) is 5.10 Å². The summed E-state index contributed by atoms with van der Waals surface area (Å²) >= 11 is 2.15. The van der Waals surface area contributed by atoms with Crippen LogP contribution in [0.1, 0.15) is 11.1 Å². The van der Waals surface area contributed by atoms with Crippen LogP contribution in [0.5, 0.6) is 5.75 Å². The highest BCUT2D eigenvalue weighted by Gasteiger charge is 2.03. The van der Waals surface area contributed by atoms with Crippen molar-refractivity contribution < 1.29 is 5.11 Å². The first-order valence-electron chi connectivity index (χ1n) is 4.12. The number of rotatable bonds is 2. The van der Waals surface area contributed by atoms with Crippen molar-refractivity contribution in [1.82, 2.24) is 0 Å². The molecule has 5 N–H and O–H groups in total. The van der Waals surface area contributed by atoms with Gasteiger partial charge in [-0.3, -0.25) is 0 Å². The Morgan fingerprint density at radius 3 is 2.73 bits per heavy atom. The van der Waals surface area contributed by atoms with Crippen LogP contribution in [0.4, 0.5) is 0 Å². The molecule has 0 bridgehead atoms. The Labute approximate surface area is 101 Å². The summed E-state index contributed by atoms with van der Waals surface area (Å²) in [4.78, 5) is 0. The summed E-state index contributed by atoms with van der Waals surface area (Å²) in [7, 11) is 0. The van der Waals surface area contributed by atoms with Crippen LogP contribution in [-0.4, -0.2) is 17.3 Å². The van der Waals surface area contributed by atoms with Gasteiger partial charge in [0.2, 0.25) is 5.96 Å². The molecule has 15 heavy (non-hydrogen) atoms. The molecule has 5 nitrogen and oxygen atoms in total. The van der Waals surface area contributed by atoms with Crippen molar-refractivity contribution in [3.8, 4) is 5.75 Å². The van der Waals surface area contributed by atoms with E-state index in [1.165, 1.54) is 6.21 Å². The molecular weight excluding hydrogens is 307 g/mol. The monoisotopic (exact) mass is 318 g/mol. The van der Waals surface area contributed by atoms with Crippen molar-refractivity contribution in [1.29, 1.82) is 0 Å². The fourth-order valence-corrected chi connectivity index (χ4v) is 1.82. The predicted molar refractivity (Wildman–Crippen MR) is 69.0 cm³/mol. The van der Waals surface area contributed by atoms with Crippen LogP contribution in [0.3, 0.4) is 0 Å². The molecule has 0 saturated heterocycles. The molecular formula is C9H11IN4O. The summed E-state index contributed by atoms with van der Waals surface area (Å²) in [5, 5.41) is 16.8. The van der Waals surface area contributed by atoms with E-state index in [9.17, 15) is 5.11 Å². The average molecular weight is 318 g/mol. The molecule has 0 unspecified atom stereocenters. The quantitative estimate of drug-likeness (QED) is 0.327. The number of aryl methyl sites for hydroxylation is 1. The molecule has 0 heterocycles. The smallest absolute Gasteiger partial charge is 0.211 e. The number of benzene rings is 1. The molecule has 0 atom stereocenters. The van der Waals surface area contributed by atoms with Crippen molar-refractivity contribution in [2.24, 2.45) is 21.7 Å². The lowest BCUT2D eigenvalue weighted by molar-refractivity contribution is 0.470. The Morgan fingerprint density at radius 2 is 2.13 bits per heavy atom. The number of aromatic hydroxyl groups is 1. The van der Waals surface area contributed by atoms with E-state index < -0.39 is 0 Å². The van der Waals surface area contributed by atoms with Crippen LogP contribution in [-0.2, 0) is 0 Å². The van der Waals surface area contributed by atoms with E-state index in [0.29, 0.717) is 5.56 Å². The SMILES string of the molecule is Cc1cc(I)cc(C=NN=C(N)N)c1O. The third kappa shape index (κ3) is 3.39. The number of hydrogen-bond acceptors (Lipinski definition) is 3. The zero-order chi connectivity index (χ0) is 11.4. The molecule has 0 aliphatic heterocycles. The Kier molecular flexibility index (Phi) is 3.89. The summed E-state index contributed by atoms with van der Waals surface area (Å²) < 4.78 is 1.01. The molecule has 0 aliphatic carbocycles. The minimum atomic E-state index is -0.118. The molecule has 0 aliphatic rings. The predicted octanol–water partition coefficient (Wildman–Crippen LogP) is 0.913. The molecule has 1 aromatic carbocycles. The molecule has 0 amide bonds. The van der Waals surface area contributed by atoms with E-state index in [1.807, 2.05) is 13.0 Å². The maximum atomic E-state index is 9.68. The molecule has 0 saturated carbocycles. The number of hydrogen-bond donors (Lipinski definition) is 3. The topological polar surface area (TPSA) is 97.0 Å². The third-order valence-electron chi connectivity index (χ3n) is 1.66. The maximum absolute atomic E-state index is 9.68. The Morgan fingerprint density at radius 1 is 1.47 bits per heavy atom. The second kappa shape index (κ2) is 4.96. The first-order valence-corrected chi connectivity index (χ1v) is 5.19. The first kappa shape index (κ1) is 11.8. The largest absolute Gasteiger partial charge is 0.507 e. The van der Waals surface area contributed by atoms with Gasteiger partial charge in [0.25, 0.3) is 0 Å². The van der Waals surface area contributed by atoms with Crippen LogP contribution in [0, 0.1) is 10.5 Å². The van der Waals surface area contributed by atoms with Crippen molar-refractivity contribution >= 4 is 34.8 Å². The lowest BCUT2D eigenvalue weighted by atomic mass is 10.1. The number of halogens is 1. The van der Waals surface area contributed by atoms with Gasteiger partial charge in [0.15, 0.2) is 0 Å². The summed E-state index contributed by atoms with van der Waals surface area (Å²) in [6.45, 7) is 1.81. The second-order valence-corrected chi connectivity index (χ2v) is 4.18. The van der Waals surface area contributed by atoms with Gasteiger partial charge < -0.3 is 16.6 Å². The van der Waals surface area contributed by atoms with Gasteiger partial charge in [-0.25, -0.2) is 0 Å². The third-order valence-corrected chi connectivity index (χ3v) is 2.29. The molecule has 0 aromatic heterocycles. The number of phenolic OH excluding ortho intramolecular Hbond substituents is 1. The van der Waals surface area contributed by atoms with E-state index in [-0.39, 0.29) is 11.7 Å². The zero-order valence-corrected chi connectivity index (χ0v) is 10.3. The minimum Gasteiger partial charge on any atom is -0.507 e. The van der Waals surface area contributed by atoms with E-state index >= 15 is 0 Å². The van der Waals surface area contributed by atoms with Crippen molar-refractivity contribution in [3.63, 3.8) is 0 Å². The fraction of sp³-hybridized carbons (Fsp3) is 0.111. The molecule has 80 valence electrons. The van der Waals surface area contributed by atoms with Crippen LogP contribution >= 0.6 is 22.6 Å². The van der Waals surface area contributed by atoms with E-state index in [0.717, 1.165) is 9.13 Å². The molecule has 1 rings (SSSR count). The maximum Gasteiger partial charge on any atom is 0.211 e. The Balaban J connectivity index is 3.05. The van der Waals surface area contributed by atoms with E-state index in [1.54, 1.807) is 6.07 Å². The number of nitrogens with zero attached hydrogens (tertiary/aromatic N) is 2. The van der Waals surface area contributed by atoms with Crippen molar-refractivity contribution in [3.05, 3.63) is 26.8 Å². The van der Waals surface area contributed by atoms with Gasteiger partial charge in [-0.05, 0) is 47.2 Å². The standard InChI is InChI=1S/C9H11IN4O/c1-5-2-7(10)3-6(8(5)15)4-13-14-9(11)12/h2-4,15H,1H3,(H4,11,12,14). The zero-order valence-electron chi connectivity index (χ0n) is 8.11. The highest BCUT2D eigenvalue weighted by atomic mass is 127. The number of nitrogens with two attached hydrogens (primary N) is 2. The summed E-state index contributed by atoms with van der Waals surface area (Å²) in [5.74, 6) is 0.0676. The fourth-order valence-electron chi connectivity index (χ4n) is 1.02. The normalized spacial score (nSPS) is 10.5. The van der Waals surface area contributed by atoms with Gasteiger partial charge >= 0.3 is 0 Å². The van der Waals surface area contributed by atoms with Crippen molar-refractivity contribution in [2.75, 3.05) is 0 Å². The van der Waals surface area contributed by atoms with E-state index in [4.69, 9.17) is 11.5 Å².